The summed E-state index contributed by atoms with van der Waals surface area (Å²) < 4.78 is 0. The zero-order valence-electron chi connectivity index (χ0n) is 21.4. The van der Waals surface area contributed by atoms with E-state index < -0.39 is 0 Å². The van der Waals surface area contributed by atoms with E-state index in [1.54, 1.807) is 0 Å². The highest BCUT2D eigenvalue weighted by molar-refractivity contribution is 6.33. The molecule has 1 N–H and O–H groups in total. The first-order chi connectivity index (χ1) is 18.6. The molecule has 178 valence electrons. The van der Waals surface area contributed by atoms with Crippen molar-refractivity contribution >= 4 is 64.9 Å². The Kier molecular flexibility index (Phi) is 3.67. The van der Waals surface area contributed by atoms with Crippen LogP contribution in [0, 0.1) is 0 Å². The van der Waals surface area contributed by atoms with Gasteiger partial charge in [0.1, 0.15) is 0 Å². The zero-order valence-corrected chi connectivity index (χ0v) is 21.4. The number of fused-ring (bicyclic) bond motifs is 15. The van der Waals surface area contributed by atoms with Gasteiger partial charge in [-0.3, -0.25) is 0 Å². The second-order valence-electron chi connectivity index (χ2n) is 11.4. The number of hydrogen-bond donors (Lipinski definition) is 1. The average molecular weight is 484 g/mol. The quantitative estimate of drug-likeness (QED) is 0.207. The van der Waals surface area contributed by atoms with Crippen molar-refractivity contribution < 1.29 is 0 Å². The van der Waals surface area contributed by atoms with Crippen molar-refractivity contribution in [1.82, 2.24) is 4.98 Å². The van der Waals surface area contributed by atoms with Crippen LogP contribution in [0.3, 0.4) is 0 Å². The van der Waals surface area contributed by atoms with Gasteiger partial charge in [0.25, 0.3) is 0 Å². The minimum absolute atomic E-state index is 0.128. The summed E-state index contributed by atoms with van der Waals surface area (Å²) in [6.07, 6.45) is 0. The highest BCUT2D eigenvalue weighted by Gasteiger charge is 2.38. The summed E-state index contributed by atoms with van der Waals surface area (Å²) >= 11 is 0. The standard InChI is InChI=1S/C37H25N/c1-37(2)31-20-33-30(24-12-7-8-14-32(24)38-33)19-29(31)27-17-18-28-34-22-10-4-3-9-21(22)15-16-26(34)23-11-5-6-13-25(23)35(28)36(27)37/h3-20,38H,1-2H3. The highest BCUT2D eigenvalue weighted by atomic mass is 14.7. The van der Waals surface area contributed by atoms with E-state index >= 15 is 0 Å². The van der Waals surface area contributed by atoms with Crippen LogP contribution in [0.5, 0.6) is 0 Å². The van der Waals surface area contributed by atoms with Gasteiger partial charge in [0, 0.05) is 27.2 Å². The molecule has 1 aromatic heterocycles. The number of para-hydroxylation sites is 1. The van der Waals surface area contributed by atoms with E-state index in [0.29, 0.717) is 0 Å². The maximum Gasteiger partial charge on any atom is 0.0468 e. The summed E-state index contributed by atoms with van der Waals surface area (Å²) in [7, 11) is 0. The fourth-order valence-corrected chi connectivity index (χ4v) is 7.46. The van der Waals surface area contributed by atoms with Gasteiger partial charge < -0.3 is 4.98 Å². The summed E-state index contributed by atoms with van der Waals surface area (Å²) in [6.45, 7) is 4.82. The molecule has 0 aliphatic heterocycles. The Balaban J connectivity index is 1.50. The molecule has 0 fully saturated rings. The predicted octanol–water partition coefficient (Wildman–Crippen LogP) is 10.2. The number of benzene rings is 7. The van der Waals surface area contributed by atoms with Gasteiger partial charge in [0.2, 0.25) is 0 Å². The van der Waals surface area contributed by atoms with Crippen LogP contribution in [0.15, 0.2) is 109 Å². The largest absolute Gasteiger partial charge is 0.355 e. The molecule has 1 nitrogen and oxygen atoms in total. The fourth-order valence-electron chi connectivity index (χ4n) is 7.46. The SMILES string of the molecule is CC1(C)c2cc3[nH]c4ccccc4c3cc2-c2ccc3c(c21)c1ccccc1c1ccc2ccccc2c13. The van der Waals surface area contributed by atoms with E-state index in [0.717, 1.165) is 0 Å². The lowest BCUT2D eigenvalue weighted by atomic mass is 9.78. The van der Waals surface area contributed by atoms with Crippen molar-refractivity contribution in [3.63, 3.8) is 0 Å². The van der Waals surface area contributed by atoms with Gasteiger partial charge in [-0.25, -0.2) is 0 Å². The van der Waals surface area contributed by atoms with Gasteiger partial charge >= 0.3 is 0 Å². The lowest BCUT2D eigenvalue weighted by molar-refractivity contribution is 0.667. The smallest absolute Gasteiger partial charge is 0.0468 e. The Morgan fingerprint density at radius 2 is 1.16 bits per heavy atom. The molecule has 1 aliphatic carbocycles. The molecule has 0 atom stereocenters. The number of aromatic amines is 1. The molecule has 0 saturated carbocycles. The summed E-state index contributed by atoms with van der Waals surface area (Å²) in [6, 6.07) is 40.7. The van der Waals surface area contributed by atoms with Gasteiger partial charge in [0.15, 0.2) is 0 Å². The topological polar surface area (TPSA) is 15.8 Å². The van der Waals surface area contributed by atoms with Crippen molar-refractivity contribution in [3.8, 4) is 11.1 Å². The van der Waals surface area contributed by atoms with Crippen molar-refractivity contribution in [2.24, 2.45) is 0 Å². The molecule has 38 heavy (non-hydrogen) atoms. The summed E-state index contributed by atoms with van der Waals surface area (Å²) in [5, 5.41) is 13.3. The zero-order chi connectivity index (χ0) is 25.2. The van der Waals surface area contributed by atoms with Crippen LogP contribution in [0.1, 0.15) is 25.0 Å². The molecule has 0 unspecified atom stereocenters. The molecule has 8 aromatic rings. The maximum absolute atomic E-state index is 3.68. The van der Waals surface area contributed by atoms with Gasteiger partial charge in [-0.2, -0.15) is 0 Å². The number of rotatable bonds is 0. The number of nitrogens with one attached hydrogen (secondary N) is 1. The first-order valence-corrected chi connectivity index (χ1v) is 13.5. The second kappa shape index (κ2) is 6.82. The summed E-state index contributed by atoms with van der Waals surface area (Å²) in [5.74, 6) is 0. The van der Waals surface area contributed by atoms with Crippen LogP contribution in [-0.2, 0) is 5.41 Å². The van der Waals surface area contributed by atoms with Gasteiger partial charge in [0.05, 0.1) is 0 Å². The van der Waals surface area contributed by atoms with E-state index in [9.17, 15) is 0 Å². The molecular formula is C37H25N. The van der Waals surface area contributed by atoms with Gasteiger partial charge in [-0.1, -0.05) is 105 Å². The molecular weight excluding hydrogens is 458 g/mol. The van der Waals surface area contributed by atoms with E-state index in [2.05, 4.69) is 128 Å². The Morgan fingerprint density at radius 3 is 2.03 bits per heavy atom. The van der Waals surface area contributed by atoms with E-state index in [1.807, 2.05) is 0 Å². The lowest BCUT2D eigenvalue weighted by Crippen LogP contribution is -2.15. The molecule has 0 saturated heterocycles. The third-order valence-electron chi connectivity index (χ3n) is 9.12. The molecule has 0 spiro atoms. The molecule has 1 aliphatic rings. The Bertz CT molecular complexity index is 2310. The number of aromatic nitrogens is 1. The molecule has 7 aromatic carbocycles. The van der Waals surface area contributed by atoms with Crippen LogP contribution in [0.4, 0.5) is 0 Å². The van der Waals surface area contributed by atoms with Crippen molar-refractivity contribution in [2.75, 3.05) is 0 Å². The second-order valence-corrected chi connectivity index (χ2v) is 11.4. The van der Waals surface area contributed by atoms with Crippen molar-refractivity contribution in [1.29, 1.82) is 0 Å². The number of H-pyrrole nitrogens is 1. The Morgan fingerprint density at radius 1 is 0.474 bits per heavy atom. The van der Waals surface area contributed by atoms with Crippen LogP contribution in [0.2, 0.25) is 0 Å². The lowest BCUT2D eigenvalue weighted by Gasteiger charge is -2.25. The highest BCUT2D eigenvalue weighted by Crippen LogP contribution is 2.55. The first kappa shape index (κ1) is 20.4. The summed E-state index contributed by atoms with van der Waals surface area (Å²) in [4.78, 5) is 3.68. The average Bonchev–Trinajstić information content (AvgIpc) is 3.43. The minimum atomic E-state index is -0.128. The van der Waals surface area contributed by atoms with Gasteiger partial charge in [-0.05, 0) is 83.5 Å². The first-order valence-electron chi connectivity index (χ1n) is 13.5. The van der Waals surface area contributed by atoms with Crippen LogP contribution >= 0.6 is 0 Å². The van der Waals surface area contributed by atoms with Gasteiger partial charge in [-0.15, -0.1) is 0 Å². The Hall–Kier alpha value is -4.62. The fraction of sp³-hybridized carbons (Fsp3) is 0.0811. The van der Waals surface area contributed by atoms with Crippen LogP contribution < -0.4 is 0 Å². The third-order valence-corrected chi connectivity index (χ3v) is 9.12. The van der Waals surface area contributed by atoms with E-state index in [1.165, 1.54) is 87.1 Å². The molecule has 0 radical (unpaired) electrons. The number of hydrogen-bond acceptors (Lipinski definition) is 0. The molecule has 0 amide bonds. The van der Waals surface area contributed by atoms with Crippen molar-refractivity contribution in [2.45, 2.75) is 19.3 Å². The van der Waals surface area contributed by atoms with E-state index in [4.69, 9.17) is 0 Å². The summed E-state index contributed by atoms with van der Waals surface area (Å²) in [5.41, 5.74) is 7.88. The molecule has 1 heterocycles. The Labute approximate surface area is 220 Å². The normalized spacial score (nSPS) is 14.3. The van der Waals surface area contributed by atoms with Crippen LogP contribution in [-0.4, -0.2) is 4.98 Å². The molecule has 9 rings (SSSR count). The van der Waals surface area contributed by atoms with Crippen LogP contribution in [0.25, 0.3) is 76.0 Å². The monoisotopic (exact) mass is 483 g/mol. The molecule has 1 heteroatoms. The predicted molar refractivity (Wildman–Crippen MR) is 163 cm³/mol. The van der Waals surface area contributed by atoms with E-state index in [-0.39, 0.29) is 5.41 Å². The van der Waals surface area contributed by atoms with Crippen molar-refractivity contribution in [3.05, 3.63) is 120 Å². The third kappa shape index (κ3) is 2.38. The maximum atomic E-state index is 3.68. The minimum Gasteiger partial charge on any atom is -0.355 e. The molecule has 0 bridgehead atoms.